The molecule has 0 aromatic heterocycles. The van der Waals surface area contributed by atoms with E-state index in [4.69, 9.17) is 4.74 Å². The Morgan fingerprint density at radius 2 is 1.80 bits per heavy atom. The van der Waals surface area contributed by atoms with Crippen molar-refractivity contribution >= 4 is 40.9 Å². The van der Waals surface area contributed by atoms with E-state index in [1.54, 1.807) is 0 Å². The number of hydrogen-bond acceptors (Lipinski definition) is 10. The van der Waals surface area contributed by atoms with Crippen LogP contribution in [0.15, 0.2) is 60.0 Å². The van der Waals surface area contributed by atoms with Crippen LogP contribution in [-0.4, -0.2) is 54.8 Å². The number of carbonyl (C=O) groups excluding carboxylic acids is 3. The number of benzene rings is 2. The van der Waals surface area contributed by atoms with E-state index in [2.05, 4.69) is 5.32 Å². The van der Waals surface area contributed by atoms with Gasteiger partial charge in [0.05, 0.1) is 15.6 Å². The normalized spacial score (nSPS) is 18.9. The standard InChI is InChI=1S/C21H16N4O9S/c26-15-10-35-20-16(22-18(27)12-2-1-3-14(8-12)25(32)33)19(28)23(20)17(15)21(29)34-9-11-4-6-13(7-5-11)24(30)31/h1-8,16,20,26H,9-10H2,(H,22,27)/t16?,20-/m0/s1. The van der Waals surface area contributed by atoms with Gasteiger partial charge in [0.2, 0.25) is 0 Å². The van der Waals surface area contributed by atoms with Gasteiger partial charge in [-0.25, -0.2) is 4.79 Å². The first-order valence-corrected chi connectivity index (χ1v) is 11.0. The molecule has 2 N–H and O–H groups in total. The fourth-order valence-corrected chi connectivity index (χ4v) is 4.71. The van der Waals surface area contributed by atoms with E-state index in [0.717, 1.165) is 22.7 Å². The zero-order chi connectivity index (χ0) is 25.3. The third-order valence-electron chi connectivity index (χ3n) is 5.26. The highest BCUT2D eigenvalue weighted by atomic mass is 32.2. The Labute approximate surface area is 200 Å². The molecule has 2 aromatic carbocycles. The van der Waals surface area contributed by atoms with E-state index in [-0.39, 0.29) is 40.8 Å². The minimum atomic E-state index is -1.02. The summed E-state index contributed by atoms with van der Waals surface area (Å²) in [5, 5.41) is 33.7. The fraction of sp³-hybridized carbons (Fsp3) is 0.190. The van der Waals surface area contributed by atoms with Crippen LogP contribution in [0.4, 0.5) is 11.4 Å². The van der Waals surface area contributed by atoms with Gasteiger partial charge in [0.1, 0.15) is 23.8 Å². The van der Waals surface area contributed by atoms with Crippen molar-refractivity contribution in [3.05, 3.63) is 91.3 Å². The van der Waals surface area contributed by atoms with Crippen LogP contribution >= 0.6 is 11.8 Å². The first-order valence-electron chi connectivity index (χ1n) is 10.00. The lowest BCUT2D eigenvalue weighted by molar-refractivity contribution is -0.385. The number of nitro benzene ring substituents is 2. The molecular formula is C21H16N4O9S. The zero-order valence-electron chi connectivity index (χ0n) is 17.7. The lowest BCUT2D eigenvalue weighted by atomic mass is 10.0. The number of nitro groups is 2. The number of aliphatic hydroxyl groups excluding tert-OH is 1. The highest BCUT2D eigenvalue weighted by molar-refractivity contribution is 8.00. The molecular weight excluding hydrogens is 484 g/mol. The molecule has 2 aliphatic rings. The van der Waals surface area contributed by atoms with Gasteiger partial charge < -0.3 is 15.2 Å². The molecule has 1 saturated heterocycles. The SMILES string of the molecule is O=C(OCc1ccc([N+](=O)[O-])cc1)C1=C(O)CS[C@H]2C(NC(=O)c3cccc([N+](=O)[O-])c3)C(=O)N12. The van der Waals surface area contributed by atoms with Gasteiger partial charge in [-0.05, 0) is 23.8 Å². The van der Waals surface area contributed by atoms with Crippen molar-refractivity contribution in [2.75, 3.05) is 5.75 Å². The second kappa shape index (κ2) is 9.42. The molecule has 0 radical (unpaired) electrons. The van der Waals surface area contributed by atoms with Crippen molar-refractivity contribution in [1.29, 1.82) is 0 Å². The van der Waals surface area contributed by atoms with Crippen LogP contribution in [0.1, 0.15) is 15.9 Å². The number of aliphatic hydroxyl groups is 1. The predicted octanol–water partition coefficient (Wildman–Crippen LogP) is 2.03. The Kier molecular flexibility index (Phi) is 6.38. The van der Waals surface area contributed by atoms with Gasteiger partial charge >= 0.3 is 5.97 Å². The number of rotatable bonds is 7. The summed E-state index contributed by atoms with van der Waals surface area (Å²) >= 11 is 1.12. The van der Waals surface area contributed by atoms with Gasteiger partial charge in [0, 0.05) is 29.8 Å². The lowest BCUT2D eigenvalue weighted by Crippen LogP contribution is -2.70. The number of nitrogens with one attached hydrogen (secondary N) is 1. The summed E-state index contributed by atoms with van der Waals surface area (Å²) < 4.78 is 5.18. The van der Waals surface area contributed by atoms with E-state index >= 15 is 0 Å². The molecule has 2 aliphatic heterocycles. The van der Waals surface area contributed by atoms with E-state index in [9.17, 15) is 39.7 Å². The second-order valence-electron chi connectivity index (χ2n) is 7.46. The van der Waals surface area contributed by atoms with E-state index in [0.29, 0.717) is 5.56 Å². The van der Waals surface area contributed by atoms with Crippen molar-refractivity contribution in [3.63, 3.8) is 0 Å². The predicted molar refractivity (Wildman–Crippen MR) is 120 cm³/mol. The van der Waals surface area contributed by atoms with E-state index in [1.807, 2.05) is 0 Å². The summed E-state index contributed by atoms with van der Waals surface area (Å²) in [4.78, 5) is 59.4. The van der Waals surface area contributed by atoms with Crippen molar-refractivity contribution in [2.45, 2.75) is 18.0 Å². The summed E-state index contributed by atoms with van der Waals surface area (Å²) in [6.07, 6.45) is 0. The molecule has 0 saturated carbocycles. The molecule has 1 fully saturated rings. The molecule has 2 heterocycles. The Balaban J connectivity index is 1.42. The van der Waals surface area contributed by atoms with Crippen molar-refractivity contribution in [3.8, 4) is 0 Å². The number of hydrogen-bond donors (Lipinski definition) is 2. The number of carbonyl (C=O) groups is 3. The number of fused-ring (bicyclic) bond motifs is 1. The maximum atomic E-state index is 12.7. The molecule has 0 bridgehead atoms. The minimum Gasteiger partial charge on any atom is -0.509 e. The Hall–Kier alpha value is -4.46. The molecule has 1 unspecified atom stereocenters. The fourth-order valence-electron chi connectivity index (χ4n) is 3.51. The van der Waals surface area contributed by atoms with Gasteiger partial charge in [0.15, 0.2) is 5.70 Å². The summed E-state index contributed by atoms with van der Waals surface area (Å²) in [6, 6.07) is 9.32. The second-order valence-corrected chi connectivity index (χ2v) is 8.57. The van der Waals surface area contributed by atoms with Crippen LogP contribution in [0.3, 0.4) is 0 Å². The van der Waals surface area contributed by atoms with Crippen LogP contribution in [0.5, 0.6) is 0 Å². The third kappa shape index (κ3) is 4.63. The number of nitrogens with zero attached hydrogens (tertiary/aromatic N) is 3. The van der Waals surface area contributed by atoms with Gasteiger partial charge in [-0.1, -0.05) is 6.07 Å². The highest BCUT2D eigenvalue weighted by Gasteiger charge is 2.54. The first kappa shape index (κ1) is 23.7. The lowest BCUT2D eigenvalue weighted by Gasteiger charge is -2.48. The summed E-state index contributed by atoms with van der Waals surface area (Å²) in [5.41, 5.74) is -0.300. The smallest absolute Gasteiger partial charge is 0.358 e. The van der Waals surface area contributed by atoms with Gasteiger partial charge in [-0.15, -0.1) is 11.8 Å². The van der Waals surface area contributed by atoms with Gasteiger partial charge in [-0.2, -0.15) is 0 Å². The molecule has 180 valence electrons. The Morgan fingerprint density at radius 1 is 1.11 bits per heavy atom. The molecule has 2 atom stereocenters. The molecule has 14 heteroatoms. The molecule has 0 spiro atoms. The maximum absolute atomic E-state index is 12.7. The highest BCUT2D eigenvalue weighted by Crippen LogP contribution is 2.40. The van der Waals surface area contributed by atoms with E-state index < -0.39 is 39.0 Å². The molecule has 0 aliphatic carbocycles. The summed E-state index contributed by atoms with van der Waals surface area (Å²) in [5.74, 6) is -2.71. The molecule has 4 rings (SSSR count). The average molecular weight is 500 g/mol. The van der Waals surface area contributed by atoms with Crippen LogP contribution in [0.25, 0.3) is 0 Å². The molecule has 13 nitrogen and oxygen atoms in total. The van der Waals surface area contributed by atoms with Crippen molar-refractivity contribution in [1.82, 2.24) is 10.2 Å². The van der Waals surface area contributed by atoms with Crippen LogP contribution in [0, 0.1) is 20.2 Å². The molecule has 2 amide bonds. The first-order chi connectivity index (χ1) is 16.7. The van der Waals surface area contributed by atoms with Crippen LogP contribution in [0.2, 0.25) is 0 Å². The quantitative estimate of drug-likeness (QED) is 0.247. The van der Waals surface area contributed by atoms with Crippen LogP contribution < -0.4 is 5.32 Å². The number of esters is 1. The topological polar surface area (TPSA) is 182 Å². The number of β-lactam (4-membered cyclic amide) rings is 1. The largest absolute Gasteiger partial charge is 0.509 e. The molecule has 2 aromatic rings. The van der Waals surface area contributed by atoms with Gasteiger partial charge in [0.25, 0.3) is 23.2 Å². The number of ether oxygens (including phenoxy) is 1. The monoisotopic (exact) mass is 500 g/mol. The zero-order valence-corrected chi connectivity index (χ0v) is 18.5. The third-order valence-corrected chi connectivity index (χ3v) is 6.53. The summed E-state index contributed by atoms with van der Waals surface area (Å²) in [6.45, 7) is -0.250. The van der Waals surface area contributed by atoms with Crippen molar-refractivity contribution < 1.29 is 34.1 Å². The average Bonchev–Trinajstić information content (AvgIpc) is 2.85. The Bertz CT molecular complexity index is 1280. The van der Waals surface area contributed by atoms with Gasteiger partial charge in [-0.3, -0.25) is 34.7 Å². The van der Waals surface area contributed by atoms with Crippen molar-refractivity contribution in [2.24, 2.45) is 0 Å². The maximum Gasteiger partial charge on any atom is 0.358 e. The number of thioether (sulfide) groups is 1. The Morgan fingerprint density at radius 3 is 2.46 bits per heavy atom. The molecule has 35 heavy (non-hydrogen) atoms. The van der Waals surface area contributed by atoms with E-state index in [1.165, 1.54) is 42.5 Å². The van der Waals surface area contributed by atoms with Crippen LogP contribution in [-0.2, 0) is 20.9 Å². The minimum absolute atomic E-state index is 0.00706. The number of non-ortho nitro benzene ring substituents is 2. The number of amides is 2. The summed E-state index contributed by atoms with van der Waals surface area (Å²) in [7, 11) is 0.